The van der Waals surface area contributed by atoms with Gasteiger partial charge in [0.05, 0.1) is 0 Å². The van der Waals surface area contributed by atoms with Crippen LogP contribution in [-0.4, -0.2) is 35.8 Å². The summed E-state index contributed by atoms with van der Waals surface area (Å²) in [5.74, 6) is 1.13. The Kier molecular flexibility index (Phi) is 7.73. The number of fused-ring (bicyclic) bond motifs is 1. The molecule has 27 heavy (non-hydrogen) atoms. The fourth-order valence-corrected chi connectivity index (χ4v) is 4.73. The molecule has 0 aromatic heterocycles. The molecule has 1 saturated heterocycles. The maximum absolute atomic E-state index is 12.6. The first-order valence-electron chi connectivity index (χ1n) is 10.8. The number of likely N-dealkylation sites (tertiary alicyclic amines) is 1. The van der Waals surface area contributed by atoms with E-state index in [2.05, 4.69) is 22.3 Å². The maximum Gasteiger partial charge on any atom is 0.222 e. The minimum Gasteiger partial charge on any atom is -0.356 e. The summed E-state index contributed by atoms with van der Waals surface area (Å²) in [6, 6.07) is 10.8. The highest BCUT2D eigenvalue weighted by Gasteiger charge is 2.35. The topological polar surface area (TPSA) is 49.4 Å². The Morgan fingerprint density at radius 3 is 2.59 bits per heavy atom. The Morgan fingerprint density at radius 1 is 0.963 bits per heavy atom. The second-order valence-corrected chi connectivity index (χ2v) is 8.13. The van der Waals surface area contributed by atoms with Crippen LogP contribution in [0.1, 0.15) is 69.8 Å². The highest BCUT2D eigenvalue weighted by Crippen LogP contribution is 2.35. The van der Waals surface area contributed by atoms with Crippen LogP contribution in [0.4, 0.5) is 0 Å². The zero-order valence-corrected chi connectivity index (χ0v) is 16.5. The molecule has 0 bridgehead atoms. The van der Waals surface area contributed by atoms with Gasteiger partial charge in [0.25, 0.3) is 0 Å². The molecule has 1 saturated carbocycles. The predicted octanol–water partition coefficient (Wildman–Crippen LogP) is 4.09. The molecule has 3 rings (SSSR count). The minimum absolute atomic E-state index is 0.101. The Bertz CT molecular complexity index is 600. The zero-order valence-electron chi connectivity index (χ0n) is 16.5. The smallest absolute Gasteiger partial charge is 0.222 e. The van der Waals surface area contributed by atoms with Gasteiger partial charge in [0.1, 0.15) is 0 Å². The average Bonchev–Trinajstić information content (AvgIpc) is 2.71. The van der Waals surface area contributed by atoms with Gasteiger partial charge in [0.2, 0.25) is 11.8 Å². The van der Waals surface area contributed by atoms with E-state index in [1.54, 1.807) is 0 Å². The predicted molar refractivity (Wildman–Crippen MR) is 108 cm³/mol. The fourth-order valence-electron chi connectivity index (χ4n) is 4.73. The molecule has 4 heteroatoms. The fraction of sp³-hybridized carbons (Fsp3) is 0.652. The van der Waals surface area contributed by atoms with E-state index in [0.717, 1.165) is 38.1 Å². The van der Waals surface area contributed by atoms with Crippen molar-refractivity contribution in [2.45, 2.75) is 76.7 Å². The largest absolute Gasteiger partial charge is 0.356 e. The van der Waals surface area contributed by atoms with Crippen LogP contribution in [-0.2, 0) is 16.0 Å². The van der Waals surface area contributed by atoms with E-state index < -0.39 is 0 Å². The van der Waals surface area contributed by atoms with Crippen LogP contribution < -0.4 is 5.32 Å². The number of nitrogens with zero attached hydrogens (tertiary/aromatic N) is 1. The molecule has 0 spiro atoms. The second kappa shape index (κ2) is 10.5. The Morgan fingerprint density at radius 2 is 1.74 bits per heavy atom. The SMILES string of the molecule is O=C(CCCc1ccccc1)NCCCC(=O)N1CCCC2CCCCC21. The van der Waals surface area contributed by atoms with Crippen molar-refractivity contribution < 1.29 is 9.59 Å². The molecule has 1 heterocycles. The first-order valence-corrected chi connectivity index (χ1v) is 10.8. The van der Waals surface area contributed by atoms with E-state index in [1.165, 1.54) is 37.7 Å². The molecular weight excluding hydrogens is 336 g/mol. The first-order chi connectivity index (χ1) is 13.2. The van der Waals surface area contributed by atoms with E-state index in [-0.39, 0.29) is 5.91 Å². The molecule has 2 atom stereocenters. The van der Waals surface area contributed by atoms with Gasteiger partial charge in [0.15, 0.2) is 0 Å². The monoisotopic (exact) mass is 370 g/mol. The summed E-state index contributed by atoms with van der Waals surface area (Å²) in [7, 11) is 0. The van der Waals surface area contributed by atoms with Crippen molar-refractivity contribution in [2.75, 3.05) is 13.1 Å². The van der Waals surface area contributed by atoms with E-state index in [1.807, 2.05) is 18.2 Å². The number of carbonyl (C=O) groups is 2. The Hall–Kier alpha value is -1.84. The molecule has 1 aromatic rings. The molecule has 1 aromatic carbocycles. The molecule has 148 valence electrons. The molecule has 2 fully saturated rings. The normalized spacial score (nSPS) is 22.1. The highest BCUT2D eigenvalue weighted by molar-refractivity contribution is 5.77. The Labute approximate surface area is 163 Å². The third-order valence-electron chi connectivity index (χ3n) is 6.17. The van der Waals surface area contributed by atoms with Gasteiger partial charge < -0.3 is 10.2 Å². The van der Waals surface area contributed by atoms with Crippen molar-refractivity contribution in [1.82, 2.24) is 10.2 Å². The number of amides is 2. The number of aryl methyl sites for hydroxylation is 1. The van der Waals surface area contributed by atoms with E-state index >= 15 is 0 Å². The van der Waals surface area contributed by atoms with Gasteiger partial charge in [-0.3, -0.25) is 9.59 Å². The highest BCUT2D eigenvalue weighted by atomic mass is 16.2. The summed E-state index contributed by atoms with van der Waals surface area (Å²) in [6.07, 6.45) is 11.2. The quantitative estimate of drug-likeness (QED) is 0.701. The van der Waals surface area contributed by atoms with Crippen LogP contribution in [0.3, 0.4) is 0 Å². The standard InChI is InChI=1S/C23H34N2O2/c26-22(15-6-11-19-9-2-1-3-10-19)24-17-7-16-23(27)25-18-8-13-20-12-4-5-14-21(20)25/h1-3,9-10,20-21H,4-8,11-18H2,(H,24,26). The summed E-state index contributed by atoms with van der Waals surface area (Å²) in [6.45, 7) is 1.55. The minimum atomic E-state index is 0.101. The molecule has 2 aliphatic rings. The molecule has 2 amide bonds. The van der Waals surface area contributed by atoms with Crippen molar-refractivity contribution in [2.24, 2.45) is 5.92 Å². The molecule has 1 aliphatic carbocycles. The zero-order chi connectivity index (χ0) is 18.9. The molecular formula is C23H34N2O2. The summed E-state index contributed by atoms with van der Waals surface area (Å²) in [5.41, 5.74) is 1.28. The summed E-state index contributed by atoms with van der Waals surface area (Å²) in [5, 5.41) is 2.97. The van der Waals surface area contributed by atoms with Crippen LogP contribution in [0.2, 0.25) is 0 Å². The van der Waals surface area contributed by atoms with Crippen molar-refractivity contribution in [3.8, 4) is 0 Å². The number of hydrogen-bond acceptors (Lipinski definition) is 2. The van der Waals surface area contributed by atoms with Gasteiger partial charge in [-0.05, 0) is 56.4 Å². The number of nitrogens with one attached hydrogen (secondary N) is 1. The molecule has 0 radical (unpaired) electrons. The molecule has 2 unspecified atom stereocenters. The van der Waals surface area contributed by atoms with Gasteiger partial charge in [-0.15, -0.1) is 0 Å². The number of piperidine rings is 1. The summed E-state index contributed by atoms with van der Waals surface area (Å²) in [4.78, 5) is 26.8. The van der Waals surface area contributed by atoms with Gasteiger partial charge in [-0.2, -0.15) is 0 Å². The number of hydrogen-bond donors (Lipinski definition) is 1. The summed E-state index contributed by atoms with van der Waals surface area (Å²) >= 11 is 0. The lowest BCUT2D eigenvalue weighted by molar-refractivity contribution is -0.137. The first kappa shape index (κ1) is 19.9. The van der Waals surface area contributed by atoms with Gasteiger partial charge in [-0.25, -0.2) is 0 Å². The lowest BCUT2D eigenvalue weighted by atomic mass is 9.78. The van der Waals surface area contributed by atoms with E-state index in [0.29, 0.717) is 31.3 Å². The van der Waals surface area contributed by atoms with Crippen molar-refractivity contribution in [1.29, 1.82) is 0 Å². The summed E-state index contributed by atoms with van der Waals surface area (Å²) < 4.78 is 0. The van der Waals surface area contributed by atoms with Crippen molar-refractivity contribution >= 4 is 11.8 Å². The number of benzene rings is 1. The maximum atomic E-state index is 12.6. The average molecular weight is 371 g/mol. The van der Waals surface area contributed by atoms with Gasteiger partial charge in [0, 0.05) is 32.0 Å². The van der Waals surface area contributed by atoms with Crippen molar-refractivity contribution in [3.63, 3.8) is 0 Å². The molecule has 4 nitrogen and oxygen atoms in total. The van der Waals surface area contributed by atoms with E-state index in [9.17, 15) is 9.59 Å². The van der Waals surface area contributed by atoms with E-state index in [4.69, 9.17) is 0 Å². The van der Waals surface area contributed by atoms with Gasteiger partial charge >= 0.3 is 0 Å². The van der Waals surface area contributed by atoms with Gasteiger partial charge in [-0.1, -0.05) is 43.2 Å². The van der Waals surface area contributed by atoms with Crippen LogP contribution in [0.15, 0.2) is 30.3 Å². The third-order valence-corrected chi connectivity index (χ3v) is 6.17. The number of rotatable bonds is 8. The van der Waals surface area contributed by atoms with Crippen LogP contribution in [0, 0.1) is 5.92 Å². The Balaban J connectivity index is 1.29. The van der Waals surface area contributed by atoms with Crippen LogP contribution >= 0.6 is 0 Å². The second-order valence-electron chi connectivity index (χ2n) is 8.13. The van der Waals surface area contributed by atoms with Crippen LogP contribution in [0.25, 0.3) is 0 Å². The number of carbonyl (C=O) groups excluding carboxylic acids is 2. The van der Waals surface area contributed by atoms with Crippen LogP contribution in [0.5, 0.6) is 0 Å². The third kappa shape index (κ3) is 6.08. The lowest BCUT2D eigenvalue weighted by Gasteiger charge is -2.44. The lowest BCUT2D eigenvalue weighted by Crippen LogP contribution is -2.49. The molecule has 1 aliphatic heterocycles. The van der Waals surface area contributed by atoms with Crippen molar-refractivity contribution in [3.05, 3.63) is 35.9 Å². The molecule has 1 N–H and O–H groups in total.